The van der Waals surface area contributed by atoms with Gasteiger partial charge in [-0.15, -0.1) is 0 Å². The fourth-order valence-electron chi connectivity index (χ4n) is 3.65. The molecule has 0 N–H and O–H groups in total. The second-order valence-corrected chi connectivity index (χ2v) is 9.90. The lowest BCUT2D eigenvalue weighted by atomic mass is 10.1. The van der Waals surface area contributed by atoms with Gasteiger partial charge in [-0.3, -0.25) is 0 Å². The molecule has 1 unspecified atom stereocenters. The molecule has 26 heavy (non-hydrogen) atoms. The molecule has 0 spiro atoms. The van der Waals surface area contributed by atoms with Crippen molar-refractivity contribution in [2.24, 2.45) is 0 Å². The number of likely N-dealkylation sites (tertiary alicyclic amines) is 1. The van der Waals surface area contributed by atoms with Crippen molar-refractivity contribution in [3.05, 3.63) is 24.0 Å². The van der Waals surface area contributed by atoms with Crippen LogP contribution in [0.1, 0.15) is 25.7 Å². The Morgan fingerprint density at radius 1 is 1.19 bits per heavy atom. The molecule has 3 rings (SSSR count). The summed E-state index contributed by atoms with van der Waals surface area (Å²) in [5.41, 5.74) is 0. The smallest absolute Gasteiger partial charge is 0.243 e. The van der Waals surface area contributed by atoms with Crippen LogP contribution in [0.2, 0.25) is 0 Å². The van der Waals surface area contributed by atoms with Crippen molar-refractivity contribution in [3.63, 3.8) is 0 Å². The third kappa shape index (κ3) is 4.52. The van der Waals surface area contributed by atoms with Gasteiger partial charge < -0.3 is 9.64 Å². The van der Waals surface area contributed by atoms with Crippen LogP contribution < -0.4 is 4.74 Å². The van der Waals surface area contributed by atoms with E-state index < -0.39 is 15.8 Å². The maximum atomic E-state index is 14.1. The zero-order valence-electron chi connectivity index (χ0n) is 15.2. The molecule has 2 saturated heterocycles. The summed E-state index contributed by atoms with van der Waals surface area (Å²) >= 11 is 1.81. The highest BCUT2D eigenvalue weighted by atomic mass is 32.2. The number of halogens is 1. The van der Waals surface area contributed by atoms with Gasteiger partial charge in [0.2, 0.25) is 10.0 Å². The minimum atomic E-state index is -3.74. The molecule has 0 bridgehead atoms. The van der Waals surface area contributed by atoms with Crippen LogP contribution in [-0.4, -0.2) is 68.5 Å². The number of rotatable bonds is 5. The zero-order chi connectivity index (χ0) is 18.6. The molecule has 1 aromatic carbocycles. The number of piperidine rings is 1. The highest BCUT2D eigenvalue weighted by Gasteiger charge is 2.34. The average Bonchev–Trinajstić information content (AvgIpc) is 2.88. The minimum Gasteiger partial charge on any atom is -0.494 e. The fourth-order valence-corrected chi connectivity index (χ4v) is 6.47. The molecule has 2 aliphatic rings. The molecule has 5 nitrogen and oxygen atoms in total. The monoisotopic (exact) mass is 402 g/mol. The normalized spacial score (nSPS) is 23.5. The summed E-state index contributed by atoms with van der Waals surface area (Å²) in [6.07, 6.45) is 4.43. The summed E-state index contributed by atoms with van der Waals surface area (Å²) in [5.74, 6) is 1.15. The van der Waals surface area contributed by atoms with E-state index in [4.69, 9.17) is 4.74 Å². The molecule has 0 amide bonds. The largest absolute Gasteiger partial charge is 0.494 e. The molecular formula is C18H27FN2O3S2. The second-order valence-electron chi connectivity index (χ2n) is 6.86. The second kappa shape index (κ2) is 8.91. The van der Waals surface area contributed by atoms with E-state index in [1.807, 2.05) is 11.8 Å². The number of sulfonamides is 1. The number of methoxy groups -OCH3 is 1. The van der Waals surface area contributed by atoms with Crippen molar-refractivity contribution in [1.82, 2.24) is 9.21 Å². The van der Waals surface area contributed by atoms with Gasteiger partial charge in [-0.2, -0.15) is 16.1 Å². The van der Waals surface area contributed by atoms with Crippen molar-refractivity contribution in [2.45, 2.75) is 36.6 Å². The van der Waals surface area contributed by atoms with E-state index in [0.717, 1.165) is 43.6 Å². The van der Waals surface area contributed by atoms with Gasteiger partial charge in [-0.25, -0.2) is 12.8 Å². The van der Waals surface area contributed by atoms with Crippen LogP contribution in [0.5, 0.6) is 5.75 Å². The molecule has 0 aliphatic carbocycles. The Hall–Kier alpha value is -0.830. The minimum absolute atomic E-state index is 0.00587. The molecular weight excluding hydrogens is 375 g/mol. The lowest BCUT2D eigenvalue weighted by molar-refractivity contribution is 0.183. The highest BCUT2D eigenvalue weighted by molar-refractivity contribution is 7.99. The first-order valence-corrected chi connectivity index (χ1v) is 11.8. The van der Waals surface area contributed by atoms with Crippen molar-refractivity contribution in [3.8, 4) is 5.75 Å². The van der Waals surface area contributed by atoms with Crippen LogP contribution in [0.4, 0.5) is 4.39 Å². The molecule has 0 radical (unpaired) electrons. The van der Waals surface area contributed by atoms with Gasteiger partial charge in [0, 0.05) is 24.9 Å². The molecule has 2 aliphatic heterocycles. The summed E-state index contributed by atoms with van der Waals surface area (Å²) in [6, 6.07) is 3.82. The van der Waals surface area contributed by atoms with E-state index in [1.54, 1.807) is 4.31 Å². The predicted octanol–water partition coefficient (Wildman–Crippen LogP) is 2.82. The first-order valence-electron chi connectivity index (χ1n) is 9.18. The Morgan fingerprint density at radius 2 is 1.96 bits per heavy atom. The SMILES string of the molecule is COc1ccc(S(=O)(=O)N2CCCSCC2CN2CCCCC2)cc1F. The van der Waals surface area contributed by atoms with Crippen LogP contribution in [-0.2, 0) is 10.0 Å². The first kappa shape index (κ1) is 19.9. The van der Waals surface area contributed by atoms with E-state index in [1.165, 1.54) is 38.5 Å². The van der Waals surface area contributed by atoms with E-state index in [2.05, 4.69) is 4.90 Å². The summed E-state index contributed by atoms with van der Waals surface area (Å²) in [4.78, 5) is 2.38. The fraction of sp³-hybridized carbons (Fsp3) is 0.667. The first-order chi connectivity index (χ1) is 12.5. The van der Waals surface area contributed by atoms with Gasteiger partial charge in [0.15, 0.2) is 11.6 Å². The number of hydrogen-bond acceptors (Lipinski definition) is 5. The van der Waals surface area contributed by atoms with Gasteiger partial charge in [0.25, 0.3) is 0 Å². The summed E-state index contributed by atoms with van der Waals surface area (Å²) in [7, 11) is -2.37. The Morgan fingerprint density at radius 3 is 2.65 bits per heavy atom. The number of ether oxygens (including phenoxy) is 1. The molecule has 146 valence electrons. The third-order valence-electron chi connectivity index (χ3n) is 5.03. The van der Waals surface area contributed by atoms with Crippen LogP contribution in [0.15, 0.2) is 23.1 Å². The number of thioether (sulfide) groups is 1. The van der Waals surface area contributed by atoms with Crippen molar-refractivity contribution < 1.29 is 17.5 Å². The van der Waals surface area contributed by atoms with Crippen molar-refractivity contribution in [1.29, 1.82) is 0 Å². The number of benzene rings is 1. The van der Waals surface area contributed by atoms with E-state index in [0.29, 0.717) is 6.54 Å². The molecule has 1 atom stereocenters. The molecule has 1 aromatic rings. The third-order valence-corrected chi connectivity index (χ3v) is 8.18. The maximum absolute atomic E-state index is 14.1. The van der Waals surface area contributed by atoms with Crippen LogP contribution in [0.25, 0.3) is 0 Å². The highest BCUT2D eigenvalue weighted by Crippen LogP contribution is 2.28. The molecule has 8 heteroatoms. The van der Waals surface area contributed by atoms with Gasteiger partial charge in [-0.1, -0.05) is 6.42 Å². The van der Waals surface area contributed by atoms with E-state index in [9.17, 15) is 12.8 Å². The molecule has 0 saturated carbocycles. The van der Waals surface area contributed by atoms with Crippen LogP contribution in [0.3, 0.4) is 0 Å². The summed E-state index contributed by atoms with van der Waals surface area (Å²) in [6.45, 7) is 3.31. The van der Waals surface area contributed by atoms with Crippen molar-refractivity contribution in [2.75, 3.05) is 44.8 Å². The average molecular weight is 403 g/mol. The van der Waals surface area contributed by atoms with Gasteiger partial charge >= 0.3 is 0 Å². The van der Waals surface area contributed by atoms with Gasteiger partial charge in [0.1, 0.15) is 0 Å². The Bertz CT molecular complexity index is 708. The summed E-state index contributed by atoms with van der Waals surface area (Å²) < 4.78 is 47.1. The standard InChI is InChI=1S/C18H27FN2O3S2/c1-24-18-7-6-16(12-17(18)19)26(22,23)21-10-5-11-25-14-15(21)13-20-8-3-2-4-9-20/h6-7,12,15H,2-5,8-11,13-14H2,1H3. The summed E-state index contributed by atoms with van der Waals surface area (Å²) in [5, 5.41) is 0. The zero-order valence-corrected chi connectivity index (χ0v) is 16.8. The lowest BCUT2D eigenvalue weighted by Gasteiger charge is -2.35. The van der Waals surface area contributed by atoms with Crippen molar-refractivity contribution >= 4 is 21.8 Å². The Balaban J connectivity index is 1.84. The molecule has 2 heterocycles. The number of hydrogen-bond donors (Lipinski definition) is 0. The van der Waals surface area contributed by atoms with E-state index in [-0.39, 0.29) is 16.7 Å². The van der Waals surface area contributed by atoms with E-state index >= 15 is 0 Å². The van der Waals surface area contributed by atoms with Crippen LogP contribution in [0, 0.1) is 5.82 Å². The predicted molar refractivity (Wildman–Crippen MR) is 103 cm³/mol. The Kier molecular flexibility index (Phi) is 6.82. The topological polar surface area (TPSA) is 49.9 Å². The number of nitrogens with zero attached hydrogens (tertiary/aromatic N) is 2. The Labute approximate surface area is 159 Å². The van der Waals surface area contributed by atoms with Gasteiger partial charge in [0.05, 0.1) is 12.0 Å². The van der Waals surface area contributed by atoms with Crippen LogP contribution >= 0.6 is 11.8 Å². The molecule has 0 aromatic heterocycles. The van der Waals surface area contributed by atoms with Gasteiger partial charge in [-0.05, 0) is 56.3 Å². The maximum Gasteiger partial charge on any atom is 0.243 e. The quantitative estimate of drug-likeness (QED) is 0.758. The lowest BCUT2D eigenvalue weighted by Crippen LogP contribution is -2.49. The molecule has 2 fully saturated rings.